The molecule has 10 heteroatoms. The van der Waals surface area contributed by atoms with Crippen LogP contribution in [-0.2, 0) is 4.79 Å². The van der Waals surface area contributed by atoms with Gasteiger partial charge in [0.25, 0.3) is 17.5 Å². The number of hydrogen-bond donors (Lipinski definition) is 2. The number of non-ortho nitro benzene ring substituents is 1. The molecule has 0 bridgehead atoms. The molecule has 0 aliphatic rings. The first-order valence-electron chi connectivity index (χ1n) is 11.9. The molecule has 0 spiro atoms. The van der Waals surface area contributed by atoms with Crippen LogP contribution >= 0.6 is 0 Å². The zero-order valence-corrected chi connectivity index (χ0v) is 20.9. The Labute approximate surface area is 228 Å². The highest BCUT2D eigenvalue weighted by molar-refractivity contribution is 6.05. The van der Waals surface area contributed by atoms with Crippen LogP contribution in [0, 0.1) is 10.1 Å². The standard InChI is InChI=1S/C30H22N4O6/c35-28(18-15-21-13-16-26(17-14-21)34(38)39)40-27-12-5-4-9-24(27)20-31-33-30(37)23-10-6-11-25(19-23)32-29(36)22-7-2-1-3-8-22/h1-20H,(H,32,36)(H,33,37)/b18-15+,31-20?. The minimum Gasteiger partial charge on any atom is -0.423 e. The topological polar surface area (TPSA) is 140 Å². The summed E-state index contributed by atoms with van der Waals surface area (Å²) in [5, 5.41) is 17.5. The van der Waals surface area contributed by atoms with Crippen molar-refractivity contribution in [3.63, 3.8) is 0 Å². The zero-order valence-electron chi connectivity index (χ0n) is 20.9. The number of carbonyl (C=O) groups excluding carboxylic acids is 3. The molecule has 0 aliphatic heterocycles. The third-order valence-corrected chi connectivity index (χ3v) is 5.43. The van der Waals surface area contributed by atoms with Gasteiger partial charge in [0.2, 0.25) is 0 Å². The lowest BCUT2D eigenvalue weighted by molar-refractivity contribution is -0.384. The van der Waals surface area contributed by atoms with Gasteiger partial charge in [0.05, 0.1) is 11.1 Å². The van der Waals surface area contributed by atoms with Crippen LogP contribution in [0.3, 0.4) is 0 Å². The van der Waals surface area contributed by atoms with Gasteiger partial charge in [-0.3, -0.25) is 19.7 Å². The molecule has 198 valence electrons. The molecule has 4 aromatic rings. The minimum atomic E-state index is -0.669. The van der Waals surface area contributed by atoms with Crippen molar-refractivity contribution < 1.29 is 24.0 Å². The van der Waals surface area contributed by atoms with Crippen molar-refractivity contribution in [1.29, 1.82) is 0 Å². The number of esters is 1. The van der Waals surface area contributed by atoms with Crippen molar-refractivity contribution in [2.24, 2.45) is 5.10 Å². The first kappa shape index (κ1) is 27.1. The maximum Gasteiger partial charge on any atom is 0.336 e. The molecule has 0 saturated carbocycles. The normalized spacial score (nSPS) is 10.8. The summed E-state index contributed by atoms with van der Waals surface area (Å²) in [6.45, 7) is 0. The fraction of sp³-hybridized carbons (Fsp3) is 0. The Morgan fingerprint density at radius 2 is 1.50 bits per heavy atom. The van der Waals surface area contributed by atoms with Crippen LogP contribution in [0.5, 0.6) is 5.75 Å². The number of nitro groups is 1. The van der Waals surface area contributed by atoms with Gasteiger partial charge in [0.15, 0.2) is 0 Å². The summed E-state index contributed by atoms with van der Waals surface area (Å²) in [5.74, 6) is -1.26. The van der Waals surface area contributed by atoms with E-state index in [2.05, 4.69) is 15.8 Å². The number of rotatable bonds is 9. The van der Waals surface area contributed by atoms with Gasteiger partial charge in [0.1, 0.15) is 5.75 Å². The predicted molar refractivity (Wildman–Crippen MR) is 150 cm³/mol. The quantitative estimate of drug-likeness (QED) is 0.0753. The van der Waals surface area contributed by atoms with E-state index in [1.54, 1.807) is 66.7 Å². The second-order valence-electron chi connectivity index (χ2n) is 8.24. The summed E-state index contributed by atoms with van der Waals surface area (Å²) in [5.41, 5.74) is 4.60. The number of anilines is 1. The lowest BCUT2D eigenvalue weighted by Crippen LogP contribution is -2.18. The van der Waals surface area contributed by atoms with Gasteiger partial charge >= 0.3 is 5.97 Å². The van der Waals surface area contributed by atoms with E-state index < -0.39 is 16.8 Å². The molecule has 2 amide bonds. The van der Waals surface area contributed by atoms with Gasteiger partial charge in [0, 0.05) is 40.6 Å². The van der Waals surface area contributed by atoms with Crippen LogP contribution in [0.25, 0.3) is 6.08 Å². The van der Waals surface area contributed by atoms with Crippen LogP contribution in [0.1, 0.15) is 31.8 Å². The molecular formula is C30H22N4O6. The largest absolute Gasteiger partial charge is 0.423 e. The molecule has 40 heavy (non-hydrogen) atoms. The number of nitrogens with one attached hydrogen (secondary N) is 2. The molecule has 0 aliphatic carbocycles. The van der Waals surface area contributed by atoms with Crippen molar-refractivity contribution in [1.82, 2.24) is 5.43 Å². The average molecular weight is 535 g/mol. The highest BCUT2D eigenvalue weighted by Gasteiger charge is 2.10. The van der Waals surface area contributed by atoms with E-state index in [4.69, 9.17) is 4.74 Å². The van der Waals surface area contributed by atoms with Crippen molar-refractivity contribution in [2.45, 2.75) is 0 Å². The van der Waals surface area contributed by atoms with Crippen LogP contribution in [-0.4, -0.2) is 28.9 Å². The first-order valence-corrected chi connectivity index (χ1v) is 11.9. The van der Waals surface area contributed by atoms with Gasteiger partial charge < -0.3 is 10.1 Å². The first-order chi connectivity index (χ1) is 19.4. The Bertz CT molecular complexity index is 1600. The number of hydrazone groups is 1. The number of hydrogen-bond acceptors (Lipinski definition) is 7. The summed E-state index contributed by atoms with van der Waals surface area (Å²) in [6.07, 6.45) is 4.00. The van der Waals surface area contributed by atoms with Gasteiger partial charge in [-0.05, 0) is 66.2 Å². The van der Waals surface area contributed by atoms with E-state index in [0.29, 0.717) is 22.4 Å². The molecule has 0 saturated heterocycles. The molecule has 2 N–H and O–H groups in total. The van der Waals surface area contributed by atoms with Gasteiger partial charge in [-0.15, -0.1) is 0 Å². The molecule has 0 heterocycles. The molecule has 10 nitrogen and oxygen atoms in total. The number of ether oxygens (including phenoxy) is 1. The second kappa shape index (κ2) is 13.1. The Morgan fingerprint density at radius 1 is 0.800 bits per heavy atom. The lowest BCUT2D eigenvalue weighted by Gasteiger charge is -2.07. The number of para-hydroxylation sites is 1. The number of amides is 2. The zero-order chi connectivity index (χ0) is 28.3. The SMILES string of the molecule is O=C(/C=C/c1ccc([N+](=O)[O-])cc1)Oc1ccccc1C=NNC(=O)c1cccc(NC(=O)c2ccccc2)c1. The van der Waals surface area contributed by atoms with E-state index in [1.807, 2.05) is 6.07 Å². The van der Waals surface area contributed by atoms with Crippen LogP contribution in [0.15, 0.2) is 114 Å². The summed E-state index contributed by atoms with van der Waals surface area (Å²) in [7, 11) is 0. The highest BCUT2D eigenvalue weighted by Crippen LogP contribution is 2.18. The molecule has 0 fully saturated rings. The van der Waals surface area contributed by atoms with Crippen LogP contribution < -0.4 is 15.5 Å². The maximum atomic E-state index is 12.6. The number of nitro benzene ring substituents is 1. The highest BCUT2D eigenvalue weighted by atomic mass is 16.6. The minimum absolute atomic E-state index is 0.0532. The molecule has 0 radical (unpaired) electrons. The number of nitrogens with zero attached hydrogens (tertiary/aromatic N) is 2. The Kier molecular flexibility index (Phi) is 8.86. The fourth-order valence-corrected chi connectivity index (χ4v) is 3.45. The van der Waals surface area contributed by atoms with E-state index in [0.717, 1.165) is 0 Å². The van der Waals surface area contributed by atoms with Gasteiger partial charge in [-0.2, -0.15) is 5.10 Å². The molecule has 0 unspecified atom stereocenters. The lowest BCUT2D eigenvalue weighted by atomic mass is 10.1. The summed E-state index contributed by atoms with van der Waals surface area (Å²) in [6, 6.07) is 27.4. The molecular weight excluding hydrogens is 512 g/mol. The van der Waals surface area contributed by atoms with Crippen molar-refractivity contribution in [3.05, 3.63) is 142 Å². The monoisotopic (exact) mass is 534 g/mol. The van der Waals surface area contributed by atoms with E-state index >= 15 is 0 Å². The van der Waals surface area contributed by atoms with E-state index in [9.17, 15) is 24.5 Å². The third kappa shape index (κ3) is 7.56. The van der Waals surface area contributed by atoms with Crippen molar-refractivity contribution in [2.75, 3.05) is 5.32 Å². The van der Waals surface area contributed by atoms with E-state index in [-0.39, 0.29) is 22.9 Å². The van der Waals surface area contributed by atoms with Crippen molar-refractivity contribution in [3.8, 4) is 5.75 Å². The predicted octanol–water partition coefficient (Wildman–Crippen LogP) is 5.23. The van der Waals surface area contributed by atoms with Gasteiger partial charge in [-0.25, -0.2) is 10.2 Å². The maximum absolute atomic E-state index is 12.6. The molecule has 4 aromatic carbocycles. The van der Waals surface area contributed by atoms with Crippen LogP contribution in [0.2, 0.25) is 0 Å². The summed E-state index contributed by atoms with van der Waals surface area (Å²) in [4.78, 5) is 47.6. The third-order valence-electron chi connectivity index (χ3n) is 5.43. The van der Waals surface area contributed by atoms with Gasteiger partial charge in [-0.1, -0.05) is 36.4 Å². The summed E-state index contributed by atoms with van der Waals surface area (Å²) < 4.78 is 5.38. The Hall–Kier alpha value is -5.90. The molecule has 4 rings (SSSR count). The smallest absolute Gasteiger partial charge is 0.336 e. The average Bonchev–Trinajstić information content (AvgIpc) is 2.97. The second-order valence-corrected chi connectivity index (χ2v) is 8.24. The van der Waals surface area contributed by atoms with E-state index in [1.165, 1.54) is 48.7 Å². The van der Waals surface area contributed by atoms with Crippen molar-refractivity contribution >= 4 is 41.4 Å². The summed E-state index contributed by atoms with van der Waals surface area (Å²) >= 11 is 0. The molecule has 0 atom stereocenters. The Balaban J connectivity index is 1.35. The van der Waals surface area contributed by atoms with Crippen LogP contribution in [0.4, 0.5) is 11.4 Å². The Morgan fingerprint density at radius 3 is 2.25 bits per heavy atom. The number of carbonyl (C=O) groups is 3. The molecule has 0 aromatic heterocycles. The number of benzene rings is 4. The fourth-order valence-electron chi connectivity index (χ4n) is 3.45.